The highest BCUT2D eigenvalue weighted by molar-refractivity contribution is 8.01. The third-order valence-corrected chi connectivity index (χ3v) is 3.51. The molecule has 0 aromatic rings. The summed E-state index contributed by atoms with van der Waals surface area (Å²) in [7, 11) is 0. The molecule has 1 aliphatic rings. The van der Waals surface area contributed by atoms with Crippen molar-refractivity contribution in [1.29, 1.82) is 0 Å². The van der Waals surface area contributed by atoms with Crippen molar-refractivity contribution in [2.45, 2.75) is 25.5 Å². The number of rotatable bonds is 5. The Morgan fingerprint density at radius 3 is 2.69 bits per heavy atom. The Hall–Kier alpha value is -1.04. The van der Waals surface area contributed by atoms with Gasteiger partial charge in [0.25, 0.3) is 0 Å². The minimum Gasteiger partial charge on any atom is -0.356 e. The molecule has 0 aliphatic carbocycles. The van der Waals surface area contributed by atoms with Crippen molar-refractivity contribution in [3.63, 3.8) is 0 Å². The van der Waals surface area contributed by atoms with Gasteiger partial charge in [-0.05, 0) is 13.8 Å². The minimum absolute atomic E-state index is 0.0947. The van der Waals surface area contributed by atoms with Crippen LogP contribution in [0.5, 0.6) is 0 Å². The lowest BCUT2D eigenvalue weighted by atomic mass is 10.4. The fourth-order valence-electron chi connectivity index (χ4n) is 1.54. The first-order chi connectivity index (χ1) is 7.60. The Labute approximate surface area is 98.9 Å². The molecule has 5 nitrogen and oxygen atoms in total. The standard InChI is InChI=1S/C10H16N2O3S/c1-3-11-8(13)6-16-7-5-9(14)12(4-2)10(7)15/h7H,3-6H2,1-2H3,(H,11,13). The Morgan fingerprint density at radius 1 is 1.50 bits per heavy atom. The van der Waals surface area contributed by atoms with Gasteiger partial charge in [0.2, 0.25) is 17.7 Å². The van der Waals surface area contributed by atoms with Crippen molar-refractivity contribution in [3.05, 3.63) is 0 Å². The number of nitrogens with one attached hydrogen (secondary N) is 1. The molecule has 6 heteroatoms. The lowest BCUT2D eigenvalue weighted by Crippen LogP contribution is -2.31. The molecule has 0 bridgehead atoms. The zero-order valence-corrected chi connectivity index (χ0v) is 10.3. The molecular formula is C10H16N2O3S. The zero-order valence-electron chi connectivity index (χ0n) is 9.49. The van der Waals surface area contributed by atoms with Gasteiger partial charge in [-0.3, -0.25) is 19.3 Å². The predicted octanol–water partition coefficient (Wildman–Crippen LogP) is 0.00310. The maximum atomic E-state index is 11.7. The van der Waals surface area contributed by atoms with Gasteiger partial charge in [-0.25, -0.2) is 0 Å². The highest BCUT2D eigenvalue weighted by Gasteiger charge is 2.37. The number of hydrogen-bond donors (Lipinski definition) is 1. The van der Waals surface area contributed by atoms with Gasteiger partial charge in [-0.1, -0.05) is 0 Å². The van der Waals surface area contributed by atoms with Crippen molar-refractivity contribution >= 4 is 29.5 Å². The maximum absolute atomic E-state index is 11.7. The summed E-state index contributed by atoms with van der Waals surface area (Å²) in [5.74, 6) is -0.167. The number of hydrogen-bond acceptors (Lipinski definition) is 4. The molecule has 1 saturated heterocycles. The Kier molecular flexibility index (Phi) is 4.79. The number of carbonyl (C=O) groups excluding carboxylic acids is 3. The molecule has 0 saturated carbocycles. The Morgan fingerprint density at radius 2 is 2.19 bits per heavy atom. The molecule has 0 aromatic heterocycles. The molecule has 1 N–H and O–H groups in total. The lowest BCUT2D eigenvalue weighted by molar-refractivity contribution is -0.137. The lowest BCUT2D eigenvalue weighted by Gasteiger charge is -2.11. The van der Waals surface area contributed by atoms with Crippen LogP contribution in [0.4, 0.5) is 0 Å². The van der Waals surface area contributed by atoms with Crippen molar-refractivity contribution in [3.8, 4) is 0 Å². The second-order valence-corrected chi connectivity index (χ2v) is 4.62. The predicted molar refractivity (Wildman–Crippen MR) is 61.9 cm³/mol. The van der Waals surface area contributed by atoms with Crippen molar-refractivity contribution < 1.29 is 14.4 Å². The van der Waals surface area contributed by atoms with Crippen LogP contribution in [0.2, 0.25) is 0 Å². The molecule has 1 rings (SSSR count). The summed E-state index contributed by atoms with van der Waals surface area (Å²) in [5.41, 5.74) is 0. The number of thioether (sulfide) groups is 1. The Balaban J connectivity index is 2.42. The van der Waals surface area contributed by atoms with Gasteiger partial charge in [0.05, 0.1) is 11.0 Å². The number of nitrogens with zero attached hydrogens (tertiary/aromatic N) is 1. The van der Waals surface area contributed by atoms with Gasteiger partial charge in [-0.15, -0.1) is 11.8 Å². The molecule has 1 fully saturated rings. The monoisotopic (exact) mass is 244 g/mol. The summed E-state index contributed by atoms with van der Waals surface area (Å²) in [4.78, 5) is 35.5. The van der Waals surface area contributed by atoms with E-state index in [0.717, 1.165) is 0 Å². The zero-order chi connectivity index (χ0) is 12.1. The van der Waals surface area contributed by atoms with E-state index in [1.165, 1.54) is 16.7 Å². The number of amides is 3. The Bertz CT molecular complexity index is 306. The minimum atomic E-state index is -0.380. The van der Waals surface area contributed by atoms with Gasteiger partial charge in [0, 0.05) is 19.5 Å². The van der Waals surface area contributed by atoms with E-state index < -0.39 is 0 Å². The van der Waals surface area contributed by atoms with Crippen LogP contribution in [0.3, 0.4) is 0 Å². The molecule has 0 radical (unpaired) electrons. The average molecular weight is 244 g/mol. The topological polar surface area (TPSA) is 66.5 Å². The molecule has 0 spiro atoms. The summed E-state index contributed by atoms with van der Waals surface area (Å²) >= 11 is 1.24. The molecule has 0 aromatic carbocycles. The van der Waals surface area contributed by atoms with E-state index in [2.05, 4.69) is 5.32 Å². The number of imide groups is 1. The van der Waals surface area contributed by atoms with Gasteiger partial charge >= 0.3 is 0 Å². The van der Waals surface area contributed by atoms with E-state index >= 15 is 0 Å². The van der Waals surface area contributed by atoms with Crippen molar-refractivity contribution in [1.82, 2.24) is 10.2 Å². The van der Waals surface area contributed by atoms with Crippen LogP contribution in [-0.4, -0.2) is 46.7 Å². The first kappa shape index (κ1) is 13.0. The summed E-state index contributed by atoms with van der Waals surface area (Å²) in [6.07, 6.45) is 0.219. The highest BCUT2D eigenvalue weighted by atomic mass is 32.2. The van der Waals surface area contributed by atoms with Gasteiger partial charge < -0.3 is 5.32 Å². The van der Waals surface area contributed by atoms with Crippen LogP contribution in [0.1, 0.15) is 20.3 Å². The third-order valence-electron chi connectivity index (χ3n) is 2.31. The second-order valence-electron chi connectivity index (χ2n) is 3.43. The van der Waals surface area contributed by atoms with Crippen LogP contribution in [0, 0.1) is 0 Å². The highest BCUT2D eigenvalue weighted by Crippen LogP contribution is 2.24. The quantitative estimate of drug-likeness (QED) is 0.691. The van der Waals surface area contributed by atoms with E-state index in [-0.39, 0.29) is 35.1 Å². The number of carbonyl (C=O) groups is 3. The molecule has 16 heavy (non-hydrogen) atoms. The van der Waals surface area contributed by atoms with Gasteiger partial charge in [0.15, 0.2) is 0 Å². The molecule has 1 atom stereocenters. The average Bonchev–Trinajstić information content (AvgIpc) is 2.51. The molecule has 1 heterocycles. The molecule has 90 valence electrons. The molecular weight excluding hydrogens is 228 g/mol. The van der Waals surface area contributed by atoms with Crippen LogP contribution < -0.4 is 5.32 Å². The normalized spacial score (nSPS) is 20.4. The molecule has 1 aliphatic heterocycles. The smallest absolute Gasteiger partial charge is 0.242 e. The van der Waals surface area contributed by atoms with Crippen LogP contribution in [0.25, 0.3) is 0 Å². The molecule has 1 unspecified atom stereocenters. The SMILES string of the molecule is CCNC(=O)CSC1CC(=O)N(CC)C1=O. The summed E-state index contributed by atoms with van der Waals surface area (Å²) < 4.78 is 0. The maximum Gasteiger partial charge on any atom is 0.242 e. The molecule has 3 amide bonds. The second kappa shape index (κ2) is 5.89. The van der Waals surface area contributed by atoms with E-state index in [0.29, 0.717) is 13.1 Å². The van der Waals surface area contributed by atoms with Gasteiger partial charge in [-0.2, -0.15) is 0 Å². The van der Waals surface area contributed by atoms with E-state index in [1.54, 1.807) is 6.92 Å². The van der Waals surface area contributed by atoms with E-state index in [4.69, 9.17) is 0 Å². The van der Waals surface area contributed by atoms with E-state index in [1.807, 2.05) is 6.92 Å². The summed E-state index contributed by atoms with van der Waals surface area (Å²) in [6, 6.07) is 0. The fourth-order valence-corrected chi connectivity index (χ4v) is 2.52. The first-order valence-electron chi connectivity index (χ1n) is 5.32. The van der Waals surface area contributed by atoms with Crippen LogP contribution in [0.15, 0.2) is 0 Å². The van der Waals surface area contributed by atoms with E-state index in [9.17, 15) is 14.4 Å². The van der Waals surface area contributed by atoms with Gasteiger partial charge in [0.1, 0.15) is 0 Å². The van der Waals surface area contributed by atoms with Crippen molar-refractivity contribution in [2.24, 2.45) is 0 Å². The van der Waals surface area contributed by atoms with Crippen molar-refractivity contribution in [2.75, 3.05) is 18.8 Å². The fraction of sp³-hybridized carbons (Fsp3) is 0.700. The summed E-state index contributed by atoms with van der Waals surface area (Å²) in [5, 5.41) is 2.27. The van der Waals surface area contributed by atoms with Crippen LogP contribution in [-0.2, 0) is 14.4 Å². The third kappa shape index (κ3) is 2.98. The van der Waals surface area contributed by atoms with Crippen LogP contribution >= 0.6 is 11.8 Å². The largest absolute Gasteiger partial charge is 0.356 e. The first-order valence-corrected chi connectivity index (χ1v) is 6.37. The summed E-state index contributed by atoms with van der Waals surface area (Å²) in [6.45, 7) is 4.60. The number of likely N-dealkylation sites (tertiary alicyclic amines) is 1.